The van der Waals surface area contributed by atoms with E-state index < -0.39 is 11.4 Å². The summed E-state index contributed by atoms with van der Waals surface area (Å²) in [4.78, 5) is 25.3. The second kappa shape index (κ2) is 12.2. The number of benzene rings is 2. The van der Waals surface area contributed by atoms with Gasteiger partial charge >= 0.3 is 5.97 Å². The zero-order valence-electron chi connectivity index (χ0n) is 20.3. The van der Waals surface area contributed by atoms with Crippen molar-refractivity contribution in [3.63, 3.8) is 0 Å². The fourth-order valence-corrected chi connectivity index (χ4v) is 4.13. The summed E-state index contributed by atoms with van der Waals surface area (Å²) in [6.45, 7) is 5.79. The molecule has 6 heteroatoms. The van der Waals surface area contributed by atoms with Crippen LogP contribution in [-0.2, 0) is 16.6 Å². The van der Waals surface area contributed by atoms with Crippen LogP contribution in [0.4, 0.5) is 0 Å². The Kier molecular flexibility index (Phi) is 9.62. The largest absolute Gasteiger partial charge is 0.496 e. The minimum atomic E-state index is -0.678. The van der Waals surface area contributed by atoms with E-state index in [1.165, 1.54) is 7.11 Å². The molecule has 0 amide bonds. The molecule has 0 radical (unpaired) electrons. The molecule has 0 saturated carbocycles. The van der Waals surface area contributed by atoms with E-state index in [4.69, 9.17) is 9.47 Å². The third-order valence-corrected chi connectivity index (χ3v) is 6.30. The Morgan fingerprint density at radius 2 is 1.94 bits per heavy atom. The Morgan fingerprint density at radius 1 is 1.18 bits per heavy atom. The van der Waals surface area contributed by atoms with Crippen LogP contribution >= 0.6 is 0 Å². The Labute approximate surface area is 197 Å². The third kappa shape index (κ3) is 6.43. The lowest BCUT2D eigenvalue weighted by atomic mass is 9.69. The number of esters is 1. The fourth-order valence-electron chi connectivity index (χ4n) is 4.13. The van der Waals surface area contributed by atoms with Crippen LogP contribution in [0.1, 0.15) is 58.5 Å². The van der Waals surface area contributed by atoms with E-state index >= 15 is 0 Å². The quantitative estimate of drug-likeness (QED) is 0.345. The van der Waals surface area contributed by atoms with E-state index in [0.717, 1.165) is 43.3 Å². The molecule has 0 N–H and O–H groups in total. The molecule has 33 heavy (non-hydrogen) atoms. The van der Waals surface area contributed by atoms with Crippen molar-refractivity contribution in [2.75, 3.05) is 34.4 Å². The summed E-state index contributed by atoms with van der Waals surface area (Å²) in [5.41, 5.74) is 2.30. The van der Waals surface area contributed by atoms with Gasteiger partial charge in [0, 0.05) is 6.54 Å². The van der Waals surface area contributed by atoms with Crippen LogP contribution in [0.25, 0.3) is 0 Å². The zero-order valence-corrected chi connectivity index (χ0v) is 20.3. The van der Waals surface area contributed by atoms with Crippen LogP contribution < -0.4 is 4.74 Å². The Balaban J connectivity index is 2.02. The number of aldehydes is 1. The van der Waals surface area contributed by atoms with Gasteiger partial charge in [-0.1, -0.05) is 32.0 Å². The van der Waals surface area contributed by atoms with Gasteiger partial charge in [-0.2, -0.15) is 5.26 Å². The Bertz CT molecular complexity index is 996. The molecule has 0 aliphatic heterocycles. The number of hydrogen-bond acceptors (Lipinski definition) is 6. The van der Waals surface area contributed by atoms with Gasteiger partial charge in [0.1, 0.15) is 5.75 Å². The molecule has 1 atom stereocenters. The molecular formula is C27H34N2O4. The Morgan fingerprint density at radius 3 is 2.55 bits per heavy atom. The van der Waals surface area contributed by atoms with Crippen molar-refractivity contribution in [2.45, 2.75) is 38.5 Å². The molecule has 2 aromatic carbocycles. The molecule has 0 aliphatic rings. The molecule has 2 rings (SSSR count). The number of nitrogens with zero attached hydrogens (tertiary/aromatic N) is 2. The van der Waals surface area contributed by atoms with E-state index in [9.17, 15) is 14.9 Å². The summed E-state index contributed by atoms with van der Waals surface area (Å²) in [7, 11) is 4.99. The van der Waals surface area contributed by atoms with E-state index in [-0.39, 0.29) is 5.92 Å². The Hall–Kier alpha value is -3.17. The second-order valence-corrected chi connectivity index (χ2v) is 8.66. The van der Waals surface area contributed by atoms with Crippen molar-refractivity contribution in [2.24, 2.45) is 5.92 Å². The number of likely N-dealkylation sites (N-methyl/N-ethyl adjacent to an activating group) is 1. The molecule has 0 aromatic heterocycles. The van der Waals surface area contributed by atoms with Crippen LogP contribution in [0.3, 0.4) is 0 Å². The lowest BCUT2D eigenvalue weighted by molar-refractivity contribution is 0.0600. The smallest absolute Gasteiger partial charge is 0.337 e. The zero-order chi connectivity index (χ0) is 24.4. The first-order valence-electron chi connectivity index (χ1n) is 11.2. The van der Waals surface area contributed by atoms with Gasteiger partial charge in [-0.3, -0.25) is 4.79 Å². The lowest BCUT2D eigenvalue weighted by Gasteiger charge is -2.32. The molecule has 0 heterocycles. The molecule has 6 nitrogen and oxygen atoms in total. The number of carbonyl (C=O) groups is 2. The van der Waals surface area contributed by atoms with E-state index in [1.54, 1.807) is 25.3 Å². The molecule has 0 saturated heterocycles. The molecular weight excluding hydrogens is 416 g/mol. The van der Waals surface area contributed by atoms with Crippen molar-refractivity contribution >= 4 is 12.3 Å². The predicted octanol–water partition coefficient (Wildman–Crippen LogP) is 4.67. The van der Waals surface area contributed by atoms with Crippen LogP contribution in [0.15, 0.2) is 42.5 Å². The first-order chi connectivity index (χ1) is 15.8. The number of carbonyl (C=O) groups excluding carboxylic acids is 2. The summed E-state index contributed by atoms with van der Waals surface area (Å²) < 4.78 is 10.1. The van der Waals surface area contributed by atoms with Gasteiger partial charge in [0.25, 0.3) is 0 Å². The highest BCUT2D eigenvalue weighted by Crippen LogP contribution is 2.37. The molecule has 1 unspecified atom stereocenters. The lowest BCUT2D eigenvalue weighted by Crippen LogP contribution is -2.33. The summed E-state index contributed by atoms with van der Waals surface area (Å²) in [6, 6.07) is 15.4. The van der Waals surface area contributed by atoms with Crippen LogP contribution in [0, 0.1) is 17.2 Å². The van der Waals surface area contributed by atoms with Gasteiger partial charge in [-0.25, -0.2) is 4.79 Å². The van der Waals surface area contributed by atoms with Gasteiger partial charge in [0.2, 0.25) is 0 Å². The molecule has 176 valence electrons. The topological polar surface area (TPSA) is 79.6 Å². The van der Waals surface area contributed by atoms with Gasteiger partial charge in [0.15, 0.2) is 6.29 Å². The van der Waals surface area contributed by atoms with Crippen molar-refractivity contribution < 1.29 is 19.1 Å². The summed E-state index contributed by atoms with van der Waals surface area (Å²) in [6.07, 6.45) is 3.17. The number of nitriles is 1. The molecule has 2 aromatic rings. The standard InChI is InChI=1S/C27H34N2O4/c1-20(2)27(19-28,24-9-6-8-22(17-24)26(31)33-5)13-7-14-29(3)15-12-21-10-11-23(18-30)25(16-21)32-4/h6,8-11,16-18,20H,7,12-15H2,1-5H3. The summed E-state index contributed by atoms with van der Waals surface area (Å²) in [5, 5.41) is 10.2. The average Bonchev–Trinajstić information content (AvgIpc) is 2.84. The first-order valence-corrected chi connectivity index (χ1v) is 11.2. The normalized spacial score (nSPS) is 12.8. The summed E-state index contributed by atoms with van der Waals surface area (Å²) in [5.74, 6) is 0.282. The molecule has 0 spiro atoms. The van der Waals surface area contributed by atoms with Crippen LogP contribution in [-0.4, -0.2) is 51.5 Å². The van der Waals surface area contributed by atoms with Gasteiger partial charge < -0.3 is 14.4 Å². The fraction of sp³-hybridized carbons (Fsp3) is 0.444. The van der Waals surface area contributed by atoms with Crippen molar-refractivity contribution in [3.8, 4) is 11.8 Å². The number of hydrogen-bond donors (Lipinski definition) is 0. The van der Waals surface area contributed by atoms with Gasteiger partial charge in [-0.05, 0) is 74.2 Å². The van der Waals surface area contributed by atoms with Crippen molar-refractivity contribution in [1.29, 1.82) is 5.26 Å². The number of ether oxygens (including phenoxy) is 2. The predicted molar refractivity (Wildman–Crippen MR) is 129 cm³/mol. The highest BCUT2D eigenvalue weighted by molar-refractivity contribution is 5.89. The van der Waals surface area contributed by atoms with E-state index in [2.05, 4.69) is 18.0 Å². The van der Waals surface area contributed by atoms with Crippen molar-refractivity contribution in [3.05, 3.63) is 64.7 Å². The van der Waals surface area contributed by atoms with Gasteiger partial charge in [0.05, 0.1) is 36.8 Å². The minimum Gasteiger partial charge on any atom is -0.496 e. The molecule has 0 aliphatic carbocycles. The van der Waals surface area contributed by atoms with Gasteiger partial charge in [-0.15, -0.1) is 0 Å². The second-order valence-electron chi connectivity index (χ2n) is 8.66. The van der Waals surface area contributed by atoms with E-state index in [0.29, 0.717) is 23.3 Å². The first kappa shape index (κ1) is 26.1. The summed E-state index contributed by atoms with van der Waals surface area (Å²) >= 11 is 0. The number of rotatable bonds is 12. The molecule has 0 bridgehead atoms. The van der Waals surface area contributed by atoms with E-state index in [1.807, 2.05) is 38.1 Å². The van der Waals surface area contributed by atoms with Crippen molar-refractivity contribution in [1.82, 2.24) is 4.90 Å². The average molecular weight is 451 g/mol. The third-order valence-electron chi connectivity index (χ3n) is 6.30. The maximum absolute atomic E-state index is 12.0. The van der Waals surface area contributed by atoms with Crippen LogP contribution in [0.2, 0.25) is 0 Å². The monoisotopic (exact) mass is 450 g/mol. The SMILES string of the molecule is COC(=O)c1cccc(C(C#N)(CCCN(C)CCc2ccc(C=O)c(OC)c2)C(C)C)c1. The maximum atomic E-state index is 12.0. The molecule has 0 fully saturated rings. The maximum Gasteiger partial charge on any atom is 0.337 e. The minimum absolute atomic E-state index is 0.0875. The highest BCUT2D eigenvalue weighted by atomic mass is 16.5. The van der Waals surface area contributed by atoms with Crippen LogP contribution in [0.5, 0.6) is 5.75 Å². The highest BCUT2D eigenvalue weighted by Gasteiger charge is 2.36. The number of methoxy groups -OCH3 is 2.